The number of ether oxygens (including phenoxy) is 1. The third-order valence-corrected chi connectivity index (χ3v) is 5.62. The van der Waals surface area contributed by atoms with Gasteiger partial charge in [-0.25, -0.2) is 4.98 Å². The average Bonchev–Trinajstić information content (AvgIpc) is 3.43. The minimum Gasteiger partial charge on any atom is -0.487 e. The Balaban J connectivity index is 1.13. The number of aryl methyl sites for hydroxylation is 1. The van der Waals surface area contributed by atoms with Gasteiger partial charge in [0.05, 0.1) is 11.4 Å². The Morgan fingerprint density at radius 2 is 1.88 bits per heavy atom. The molecule has 1 fully saturated rings. The fourth-order valence-corrected chi connectivity index (χ4v) is 3.92. The number of carbonyl (C=O) groups is 1. The molecule has 0 aliphatic carbocycles. The van der Waals surface area contributed by atoms with E-state index in [2.05, 4.69) is 15.0 Å². The fraction of sp³-hybridized carbons (Fsp3) is 0.292. The van der Waals surface area contributed by atoms with Crippen LogP contribution in [-0.2, 0) is 13.2 Å². The van der Waals surface area contributed by atoms with Gasteiger partial charge in [0.1, 0.15) is 23.8 Å². The summed E-state index contributed by atoms with van der Waals surface area (Å²) in [5.74, 6) is 1.58. The Hall–Kier alpha value is -3.65. The molecule has 0 radical (unpaired) electrons. The number of imidazole rings is 1. The van der Waals surface area contributed by atoms with Crippen LogP contribution in [0.2, 0.25) is 0 Å². The van der Waals surface area contributed by atoms with E-state index in [0.717, 1.165) is 42.4 Å². The average molecular weight is 431 g/mol. The van der Waals surface area contributed by atoms with Gasteiger partial charge in [-0.3, -0.25) is 9.69 Å². The number of amides is 1. The first-order valence-corrected chi connectivity index (χ1v) is 10.7. The second-order valence-electron chi connectivity index (χ2n) is 8.01. The van der Waals surface area contributed by atoms with Gasteiger partial charge in [-0.05, 0) is 43.3 Å². The monoisotopic (exact) mass is 431 g/mol. The van der Waals surface area contributed by atoms with Gasteiger partial charge >= 0.3 is 0 Å². The summed E-state index contributed by atoms with van der Waals surface area (Å²) in [4.78, 5) is 21.6. The predicted octanol–water partition coefficient (Wildman–Crippen LogP) is 3.17. The lowest BCUT2D eigenvalue weighted by Gasteiger charge is -2.34. The van der Waals surface area contributed by atoms with Crippen molar-refractivity contribution in [1.29, 1.82) is 0 Å². The SMILES string of the molecule is Cc1cc(CN2CCN(C(=O)c3ccc(OCc4cn5ccccc5n4)cc3)CC2)no1. The van der Waals surface area contributed by atoms with E-state index in [9.17, 15) is 4.79 Å². The maximum Gasteiger partial charge on any atom is 0.253 e. The van der Waals surface area contributed by atoms with Crippen LogP contribution in [0.1, 0.15) is 27.5 Å². The quantitative estimate of drug-likeness (QED) is 0.467. The van der Waals surface area contributed by atoms with Gasteiger partial charge in [-0.2, -0.15) is 0 Å². The van der Waals surface area contributed by atoms with Crippen LogP contribution in [0.4, 0.5) is 0 Å². The molecule has 1 aromatic carbocycles. The molecule has 0 N–H and O–H groups in total. The Bertz CT molecular complexity index is 1170. The van der Waals surface area contributed by atoms with Crippen LogP contribution in [0.3, 0.4) is 0 Å². The number of pyridine rings is 1. The van der Waals surface area contributed by atoms with Gasteiger partial charge in [0.2, 0.25) is 0 Å². The molecule has 1 aliphatic heterocycles. The van der Waals surface area contributed by atoms with Crippen LogP contribution in [0.25, 0.3) is 5.65 Å². The standard InChI is InChI=1S/C24H25N5O3/c1-18-14-20(26-32-18)15-27-10-12-28(13-11-27)24(30)19-5-7-22(8-6-19)31-17-21-16-29-9-3-2-4-23(29)25-21/h2-9,14,16H,10-13,15,17H2,1H3. The summed E-state index contributed by atoms with van der Waals surface area (Å²) in [7, 11) is 0. The minimum atomic E-state index is 0.0498. The summed E-state index contributed by atoms with van der Waals surface area (Å²) in [6, 6.07) is 15.2. The van der Waals surface area contributed by atoms with E-state index in [1.165, 1.54) is 0 Å². The molecule has 1 saturated heterocycles. The van der Waals surface area contributed by atoms with E-state index in [0.29, 0.717) is 31.0 Å². The highest BCUT2D eigenvalue weighted by atomic mass is 16.5. The lowest BCUT2D eigenvalue weighted by atomic mass is 10.1. The maximum absolute atomic E-state index is 12.9. The molecule has 0 unspecified atom stereocenters. The molecule has 3 aromatic heterocycles. The van der Waals surface area contributed by atoms with Gasteiger partial charge in [0.15, 0.2) is 0 Å². The molecule has 0 atom stereocenters. The third kappa shape index (κ3) is 4.50. The summed E-state index contributed by atoms with van der Waals surface area (Å²) in [6.45, 7) is 6.04. The molecule has 4 aromatic rings. The summed E-state index contributed by atoms with van der Waals surface area (Å²) >= 11 is 0. The lowest BCUT2D eigenvalue weighted by Crippen LogP contribution is -2.48. The lowest BCUT2D eigenvalue weighted by molar-refractivity contribution is 0.0625. The molecule has 1 aliphatic rings. The molecule has 0 bridgehead atoms. The second kappa shape index (κ2) is 8.84. The van der Waals surface area contributed by atoms with Gasteiger partial charge in [0, 0.05) is 56.7 Å². The zero-order valence-corrected chi connectivity index (χ0v) is 18.0. The summed E-state index contributed by atoms with van der Waals surface area (Å²) < 4.78 is 13.0. The van der Waals surface area contributed by atoms with E-state index in [1.807, 2.05) is 77.1 Å². The number of benzene rings is 1. The highest BCUT2D eigenvalue weighted by molar-refractivity contribution is 5.94. The Morgan fingerprint density at radius 1 is 1.06 bits per heavy atom. The van der Waals surface area contributed by atoms with Crippen molar-refractivity contribution in [3.05, 3.63) is 83.6 Å². The number of nitrogens with zero attached hydrogens (tertiary/aromatic N) is 5. The Kier molecular flexibility index (Phi) is 5.60. The number of aromatic nitrogens is 3. The van der Waals surface area contributed by atoms with Gasteiger partial charge in [-0.1, -0.05) is 11.2 Å². The first-order valence-electron chi connectivity index (χ1n) is 10.7. The van der Waals surface area contributed by atoms with E-state index in [-0.39, 0.29) is 5.91 Å². The van der Waals surface area contributed by atoms with E-state index >= 15 is 0 Å². The fourth-order valence-electron chi connectivity index (χ4n) is 3.92. The van der Waals surface area contributed by atoms with Crippen molar-refractivity contribution < 1.29 is 14.1 Å². The molecular weight excluding hydrogens is 406 g/mol. The summed E-state index contributed by atoms with van der Waals surface area (Å²) in [6.07, 6.45) is 3.91. The normalized spacial score (nSPS) is 14.7. The second-order valence-corrected chi connectivity index (χ2v) is 8.01. The maximum atomic E-state index is 12.9. The molecule has 5 rings (SSSR count). The summed E-state index contributed by atoms with van der Waals surface area (Å²) in [5.41, 5.74) is 3.35. The Labute approximate surface area is 186 Å². The van der Waals surface area contributed by atoms with Crippen molar-refractivity contribution >= 4 is 11.6 Å². The van der Waals surface area contributed by atoms with E-state index in [4.69, 9.17) is 9.26 Å². The Morgan fingerprint density at radius 3 is 2.59 bits per heavy atom. The van der Waals surface area contributed by atoms with Crippen molar-refractivity contribution in [2.45, 2.75) is 20.1 Å². The molecule has 0 spiro atoms. The van der Waals surface area contributed by atoms with Crippen molar-refractivity contribution in [3.8, 4) is 5.75 Å². The number of rotatable bonds is 6. The highest BCUT2D eigenvalue weighted by Gasteiger charge is 2.22. The molecule has 8 heteroatoms. The zero-order chi connectivity index (χ0) is 21.9. The molecule has 4 heterocycles. The summed E-state index contributed by atoms with van der Waals surface area (Å²) in [5, 5.41) is 4.05. The molecule has 32 heavy (non-hydrogen) atoms. The van der Waals surface area contributed by atoms with Crippen molar-refractivity contribution in [2.24, 2.45) is 0 Å². The van der Waals surface area contributed by atoms with E-state index < -0.39 is 0 Å². The number of hydrogen-bond donors (Lipinski definition) is 0. The largest absolute Gasteiger partial charge is 0.487 e. The van der Waals surface area contributed by atoms with Gasteiger partial charge < -0.3 is 18.6 Å². The van der Waals surface area contributed by atoms with Gasteiger partial charge in [-0.15, -0.1) is 0 Å². The smallest absolute Gasteiger partial charge is 0.253 e. The molecule has 1 amide bonds. The van der Waals surface area contributed by atoms with Crippen LogP contribution >= 0.6 is 0 Å². The van der Waals surface area contributed by atoms with Crippen molar-refractivity contribution in [2.75, 3.05) is 26.2 Å². The first-order chi connectivity index (χ1) is 15.6. The van der Waals surface area contributed by atoms with Gasteiger partial charge in [0.25, 0.3) is 5.91 Å². The minimum absolute atomic E-state index is 0.0498. The van der Waals surface area contributed by atoms with Crippen LogP contribution in [0.5, 0.6) is 5.75 Å². The third-order valence-electron chi connectivity index (χ3n) is 5.62. The molecule has 8 nitrogen and oxygen atoms in total. The van der Waals surface area contributed by atoms with E-state index in [1.54, 1.807) is 0 Å². The van der Waals surface area contributed by atoms with Crippen LogP contribution in [-0.4, -0.2) is 56.4 Å². The highest BCUT2D eigenvalue weighted by Crippen LogP contribution is 2.17. The number of piperazine rings is 1. The molecular formula is C24H25N5O3. The van der Waals surface area contributed by atoms with Crippen molar-refractivity contribution in [3.63, 3.8) is 0 Å². The first kappa shape index (κ1) is 20.3. The molecule has 0 saturated carbocycles. The topological polar surface area (TPSA) is 76.1 Å². The predicted molar refractivity (Wildman–Crippen MR) is 118 cm³/mol. The number of fused-ring (bicyclic) bond motifs is 1. The van der Waals surface area contributed by atoms with Crippen LogP contribution < -0.4 is 4.74 Å². The van der Waals surface area contributed by atoms with Crippen LogP contribution in [0.15, 0.2) is 65.4 Å². The van der Waals surface area contributed by atoms with Crippen LogP contribution in [0, 0.1) is 6.92 Å². The number of hydrogen-bond acceptors (Lipinski definition) is 6. The zero-order valence-electron chi connectivity index (χ0n) is 18.0. The number of carbonyl (C=O) groups excluding carboxylic acids is 1. The molecule has 164 valence electrons. The van der Waals surface area contributed by atoms with Crippen molar-refractivity contribution in [1.82, 2.24) is 24.3 Å².